The van der Waals surface area contributed by atoms with Crippen molar-refractivity contribution >= 4 is 25.6 Å². The van der Waals surface area contributed by atoms with Crippen LogP contribution in [-0.4, -0.2) is 20.4 Å². The van der Waals surface area contributed by atoms with Gasteiger partial charge in [0.2, 0.25) is 0 Å². The van der Waals surface area contributed by atoms with E-state index in [1.54, 1.807) is 0 Å². The molecule has 0 heterocycles. The molecular weight excluding hydrogens is 300 g/mol. The van der Waals surface area contributed by atoms with Crippen molar-refractivity contribution in [3.63, 3.8) is 0 Å². The third kappa shape index (κ3) is 3.03. The number of hydrogen-bond acceptors (Lipinski definition) is 3. The minimum atomic E-state index is -4.38. The Morgan fingerprint density at radius 1 is 1.26 bits per heavy atom. The van der Waals surface area contributed by atoms with Crippen molar-refractivity contribution in [1.82, 2.24) is 5.32 Å². The zero-order chi connectivity index (χ0) is 14.2. The van der Waals surface area contributed by atoms with Crippen molar-refractivity contribution in [1.29, 1.82) is 0 Å². The van der Waals surface area contributed by atoms with E-state index in [4.69, 9.17) is 10.7 Å². The Morgan fingerprint density at radius 2 is 1.89 bits per heavy atom. The van der Waals surface area contributed by atoms with E-state index < -0.39 is 37.1 Å². The summed E-state index contributed by atoms with van der Waals surface area (Å²) in [7, 11) is 0.639. The van der Waals surface area contributed by atoms with Crippen molar-refractivity contribution in [3.05, 3.63) is 29.3 Å². The lowest BCUT2D eigenvalue weighted by molar-refractivity contribution is 0.0912. The predicted octanol–water partition coefficient (Wildman–Crippen LogP) is 2.17. The summed E-state index contributed by atoms with van der Waals surface area (Å²) in [6, 6.07) is 0.902. The molecule has 104 valence electrons. The molecule has 1 aliphatic carbocycles. The van der Waals surface area contributed by atoms with Crippen LogP contribution >= 0.6 is 10.7 Å². The fourth-order valence-corrected chi connectivity index (χ4v) is 2.61. The van der Waals surface area contributed by atoms with Crippen molar-refractivity contribution in [3.8, 4) is 0 Å². The summed E-state index contributed by atoms with van der Waals surface area (Å²) in [6.45, 7) is 0. The lowest BCUT2D eigenvalue weighted by Crippen LogP contribution is -2.39. The van der Waals surface area contributed by atoms with E-state index in [0.717, 1.165) is 19.3 Å². The fourth-order valence-electron chi connectivity index (χ4n) is 1.71. The number of nitrogens with one attached hydrogen (secondary N) is 1. The lowest BCUT2D eigenvalue weighted by Gasteiger charge is -2.26. The van der Waals surface area contributed by atoms with Crippen LogP contribution in [0.5, 0.6) is 0 Å². The standard InChI is InChI=1S/C11H10ClF2NO3S/c12-19(17,18)10-4-7(8(13)5-9(10)14)11(16)15-6-2-1-3-6/h4-6H,1-3H2,(H,15,16). The summed E-state index contributed by atoms with van der Waals surface area (Å²) in [5.41, 5.74) is -0.535. The fraction of sp³-hybridized carbons (Fsp3) is 0.364. The van der Waals surface area contributed by atoms with E-state index in [1.807, 2.05) is 0 Å². The first kappa shape index (κ1) is 14.2. The van der Waals surface area contributed by atoms with Crippen LogP contribution in [0.2, 0.25) is 0 Å². The van der Waals surface area contributed by atoms with Gasteiger partial charge >= 0.3 is 0 Å². The van der Waals surface area contributed by atoms with Gasteiger partial charge in [-0.05, 0) is 25.3 Å². The van der Waals surface area contributed by atoms with Crippen LogP contribution in [0.3, 0.4) is 0 Å². The van der Waals surface area contributed by atoms with E-state index in [9.17, 15) is 22.0 Å². The van der Waals surface area contributed by atoms with E-state index in [2.05, 4.69) is 5.32 Å². The molecule has 2 rings (SSSR count). The highest BCUT2D eigenvalue weighted by Gasteiger charge is 2.25. The third-order valence-electron chi connectivity index (χ3n) is 2.97. The Morgan fingerprint density at radius 3 is 2.37 bits per heavy atom. The second-order valence-electron chi connectivity index (χ2n) is 4.30. The van der Waals surface area contributed by atoms with Gasteiger partial charge in [0.15, 0.2) is 0 Å². The molecule has 0 spiro atoms. The van der Waals surface area contributed by atoms with Crippen LogP contribution < -0.4 is 5.32 Å². The number of carbonyl (C=O) groups is 1. The van der Waals surface area contributed by atoms with Crippen LogP contribution in [0.4, 0.5) is 8.78 Å². The van der Waals surface area contributed by atoms with Gasteiger partial charge < -0.3 is 5.32 Å². The van der Waals surface area contributed by atoms with E-state index in [0.29, 0.717) is 12.1 Å². The molecule has 0 aromatic heterocycles. The minimum Gasteiger partial charge on any atom is -0.349 e. The smallest absolute Gasteiger partial charge is 0.264 e. The predicted molar refractivity (Wildman–Crippen MR) is 64.5 cm³/mol. The number of carbonyl (C=O) groups excluding carboxylic acids is 1. The Bertz CT molecular complexity index is 629. The van der Waals surface area contributed by atoms with Gasteiger partial charge in [-0.2, -0.15) is 0 Å². The third-order valence-corrected chi connectivity index (χ3v) is 4.31. The molecule has 1 amide bonds. The lowest BCUT2D eigenvalue weighted by atomic mass is 9.93. The molecule has 0 bridgehead atoms. The maximum Gasteiger partial charge on any atom is 0.264 e. The molecule has 1 fully saturated rings. The van der Waals surface area contributed by atoms with Crippen molar-refractivity contribution in [2.75, 3.05) is 0 Å². The Labute approximate surface area is 113 Å². The van der Waals surface area contributed by atoms with E-state index in [-0.39, 0.29) is 6.04 Å². The summed E-state index contributed by atoms with van der Waals surface area (Å²) in [6.07, 6.45) is 2.54. The molecule has 1 N–H and O–H groups in total. The summed E-state index contributed by atoms with van der Waals surface area (Å²) < 4.78 is 49.0. The molecule has 0 unspecified atom stereocenters. The topological polar surface area (TPSA) is 63.2 Å². The Hall–Kier alpha value is -1.21. The number of halogens is 3. The van der Waals surface area contributed by atoms with Gasteiger partial charge in [0, 0.05) is 22.8 Å². The second-order valence-corrected chi connectivity index (χ2v) is 6.84. The van der Waals surface area contributed by atoms with Gasteiger partial charge in [-0.1, -0.05) is 0 Å². The van der Waals surface area contributed by atoms with Gasteiger partial charge in [-0.25, -0.2) is 17.2 Å². The average Bonchev–Trinajstić information content (AvgIpc) is 2.21. The SMILES string of the molecule is O=C(NC1CCC1)c1cc(S(=O)(=O)Cl)c(F)cc1F. The molecule has 0 atom stereocenters. The van der Waals surface area contributed by atoms with Gasteiger partial charge in [-0.3, -0.25) is 4.79 Å². The highest BCUT2D eigenvalue weighted by atomic mass is 35.7. The minimum absolute atomic E-state index is 0.0481. The first-order valence-corrected chi connectivity index (χ1v) is 7.84. The zero-order valence-electron chi connectivity index (χ0n) is 9.62. The Kier molecular flexibility index (Phi) is 3.78. The molecule has 1 aliphatic rings. The molecule has 8 heteroatoms. The first-order chi connectivity index (χ1) is 8.79. The summed E-state index contributed by atoms with van der Waals surface area (Å²) in [4.78, 5) is 10.8. The van der Waals surface area contributed by atoms with Crippen molar-refractivity contribution < 1.29 is 22.0 Å². The molecular formula is C11H10ClF2NO3S. The van der Waals surface area contributed by atoms with Gasteiger partial charge in [0.1, 0.15) is 16.5 Å². The van der Waals surface area contributed by atoms with Crippen LogP contribution in [0.15, 0.2) is 17.0 Å². The molecule has 0 saturated heterocycles. The van der Waals surface area contributed by atoms with Crippen LogP contribution in [-0.2, 0) is 9.05 Å². The highest BCUT2D eigenvalue weighted by Crippen LogP contribution is 2.24. The quantitative estimate of drug-likeness (QED) is 0.870. The molecule has 1 aromatic rings. The number of hydrogen-bond donors (Lipinski definition) is 1. The average molecular weight is 310 g/mol. The van der Waals surface area contributed by atoms with Gasteiger partial charge in [0.25, 0.3) is 15.0 Å². The normalized spacial score (nSPS) is 15.9. The first-order valence-electron chi connectivity index (χ1n) is 5.53. The van der Waals surface area contributed by atoms with Crippen LogP contribution in [0, 0.1) is 11.6 Å². The van der Waals surface area contributed by atoms with E-state index in [1.165, 1.54) is 0 Å². The molecule has 1 saturated carbocycles. The van der Waals surface area contributed by atoms with Crippen LogP contribution in [0.1, 0.15) is 29.6 Å². The van der Waals surface area contributed by atoms with Crippen molar-refractivity contribution in [2.45, 2.75) is 30.2 Å². The molecule has 1 aromatic carbocycles. The Balaban J connectivity index is 2.36. The monoisotopic (exact) mass is 309 g/mol. The summed E-state index contributed by atoms with van der Waals surface area (Å²) >= 11 is 0. The maximum absolute atomic E-state index is 13.5. The summed E-state index contributed by atoms with van der Waals surface area (Å²) in [5.74, 6) is -3.23. The van der Waals surface area contributed by atoms with Crippen LogP contribution in [0.25, 0.3) is 0 Å². The number of amides is 1. The molecule has 4 nitrogen and oxygen atoms in total. The molecule has 0 aliphatic heterocycles. The molecule has 0 radical (unpaired) electrons. The number of benzene rings is 1. The van der Waals surface area contributed by atoms with Gasteiger partial charge in [0.05, 0.1) is 5.56 Å². The van der Waals surface area contributed by atoms with Crippen molar-refractivity contribution in [2.24, 2.45) is 0 Å². The second kappa shape index (κ2) is 5.05. The van der Waals surface area contributed by atoms with E-state index >= 15 is 0 Å². The highest BCUT2D eigenvalue weighted by molar-refractivity contribution is 8.13. The number of rotatable bonds is 3. The zero-order valence-corrected chi connectivity index (χ0v) is 11.2. The summed E-state index contributed by atoms with van der Waals surface area (Å²) in [5, 5.41) is 2.53. The molecule has 19 heavy (non-hydrogen) atoms. The van der Waals surface area contributed by atoms with Gasteiger partial charge in [-0.15, -0.1) is 0 Å². The maximum atomic E-state index is 13.5. The largest absolute Gasteiger partial charge is 0.349 e.